The summed E-state index contributed by atoms with van der Waals surface area (Å²) in [6.07, 6.45) is 4.24. The highest BCUT2D eigenvalue weighted by atomic mass is 16.3. The molecule has 0 aliphatic carbocycles. The Balaban J connectivity index is 1.59. The predicted molar refractivity (Wildman–Crippen MR) is 96.3 cm³/mol. The predicted octanol–water partition coefficient (Wildman–Crippen LogP) is 2.26. The van der Waals surface area contributed by atoms with E-state index in [1.807, 2.05) is 59.4 Å². The van der Waals surface area contributed by atoms with Crippen molar-refractivity contribution < 1.29 is 9.90 Å². The zero-order chi connectivity index (χ0) is 17.5. The summed E-state index contributed by atoms with van der Waals surface area (Å²) in [6, 6.07) is 18.8. The summed E-state index contributed by atoms with van der Waals surface area (Å²) in [5.41, 5.74) is 2.73. The van der Waals surface area contributed by atoms with Crippen LogP contribution in [0.5, 0.6) is 0 Å². The van der Waals surface area contributed by atoms with E-state index in [1.165, 1.54) is 0 Å². The summed E-state index contributed by atoms with van der Waals surface area (Å²) in [4.78, 5) is 12.4. The Bertz CT molecular complexity index is 784. The Morgan fingerprint density at radius 1 is 1.04 bits per heavy atom. The molecular weight excluding hydrogens is 314 g/mol. The molecule has 1 heterocycles. The lowest BCUT2D eigenvalue weighted by Gasteiger charge is -2.16. The molecule has 1 aromatic heterocycles. The van der Waals surface area contributed by atoms with Gasteiger partial charge in [-0.2, -0.15) is 5.10 Å². The Morgan fingerprint density at radius 3 is 2.44 bits per heavy atom. The number of nitrogens with zero attached hydrogens (tertiary/aromatic N) is 2. The smallest absolute Gasteiger partial charge is 0.251 e. The van der Waals surface area contributed by atoms with Crippen LogP contribution in [0.15, 0.2) is 73.1 Å². The molecule has 1 amide bonds. The lowest BCUT2D eigenvalue weighted by molar-refractivity contribution is 0.0916. The van der Waals surface area contributed by atoms with Crippen molar-refractivity contribution in [3.05, 3.63) is 89.7 Å². The summed E-state index contributed by atoms with van der Waals surface area (Å²) in [5, 5.41) is 16.6. The van der Waals surface area contributed by atoms with Gasteiger partial charge in [-0.25, -0.2) is 0 Å². The average molecular weight is 335 g/mol. The number of hydrogen-bond acceptors (Lipinski definition) is 3. The number of nitrogens with one attached hydrogen (secondary N) is 1. The van der Waals surface area contributed by atoms with Gasteiger partial charge < -0.3 is 10.4 Å². The molecule has 3 rings (SSSR count). The molecule has 128 valence electrons. The molecule has 2 aromatic carbocycles. The molecule has 1 unspecified atom stereocenters. The van der Waals surface area contributed by atoms with Crippen LogP contribution in [-0.2, 0) is 13.0 Å². The molecule has 5 nitrogen and oxygen atoms in total. The maximum Gasteiger partial charge on any atom is 0.251 e. The molecule has 0 saturated carbocycles. The first-order valence-electron chi connectivity index (χ1n) is 8.26. The van der Waals surface area contributed by atoms with Gasteiger partial charge in [0.15, 0.2) is 0 Å². The van der Waals surface area contributed by atoms with Crippen molar-refractivity contribution in [3.8, 4) is 0 Å². The lowest BCUT2D eigenvalue weighted by atomic mass is 10.1. The third-order valence-electron chi connectivity index (χ3n) is 4.00. The normalized spacial score (nSPS) is 11.9. The van der Waals surface area contributed by atoms with Gasteiger partial charge in [-0.15, -0.1) is 0 Å². The first kappa shape index (κ1) is 16.9. The molecule has 0 aliphatic heterocycles. The van der Waals surface area contributed by atoms with Crippen LogP contribution in [0.3, 0.4) is 0 Å². The Labute approximate surface area is 146 Å². The fraction of sp³-hybridized carbons (Fsp3) is 0.200. The molecular formula is C20H21N3O2. The van der Waals surface area contributed by atoms with Crippen molar-refractivity contribution in [2.45, 2.75) is 19.0 Å². The highest BCUT2D eigenvalue weighted by molar-refractivity contribution is 5.94. The second kappa shape index (κ2) is 8.26. The minimum atomic E-state index is -0.307. The molecule has 2 N–H and O–H groups in total. The van der Waals surface area contributed by atoms with Gasteiger partial charge in [-0.3, -0.25) is 9.48 Å². The number of aliphatic hydroxyl groups is 1. The molecule has 0 spiro atoms. The summed E-state index contributed by atoms with van der Waals surface area (Å²) in [6.45, 7) is 0.570. The molecule has 0 bridgehead atoms. The third-order valence-corrected chi connectivity index (χ3v) is 4.00. The first-order chi connectivity index (χ1) is 12.2. The number of carbonyl (C=O) groups is 1. The summed E-state index contributed by atoms with van der Waals surface area (Å²) < 4.78 is 1.83. The van der Waals surface area contributed by atoms with E-state index in [1.54, 1.807) is 18.3 Å². The summed E-state index contributed by atoms with van der Waals surface area (Å²) >= 11 is 0. The van der Waals surface area contributed by atoms with Crippen molar-refractivity contribution in [2.24, 2.45) is 0 Å². The average Bonchev–Trinajstić information content (AvgIpc) is 3.15. The first-order valence-corrected chi connectivity index (χ1v) is 8.26. The van der Waals surface area contributed by atoms with Crippen molar-refractivity contribution in [2.75, 3.05) is 6.61 Å². The SMILES string of the molecule is O=C(NC(CO)Cc1ccccc1)c1ccc(Cn2cccn2)cc1. The number of hydrogen-bond donors (Lipinski definition) is 2. The van der Waals surface area contributed by atoms with Crippen LogP contribution in [0.1, 0.15) is 21.5 Å². The van der Waals surface area contributed by atoms with Crippen molar-refractivity contribution in [1.82, 2.24) is 15.1 Å². The number of rotatable bonds is 7. The zero-order valence-electron chi connectivity index (χ0n) is 13.9. The highest BCUT2D eigenvalue weighted by Crippen LogP contribution is 2.08. The molecule has 0 aliphatic rings. The van der Waals surface area contributed by atoms with Gasteiger partial charge in [0.25, 0.3) is 5.91 Å². The van der Waals surface area contributed by atoms with Crippen molar-refractivity contribution >= 4 is 5.91 Å². The van der Waals surface area contributed by atoms with E-state index < -0.39 is 0 Å². The van der Waals surface area contributed by atoms with Gasteiger partial charge in [0.1, 0.15) is 0 Å². The molecule has 5 heteroatoms. The van der Waals surface area contributed by atoms with E-state index in [2.05, 4.69) is 10.4 Å². The second-order valence-corrected chi connectivity index (χ2v) is 5.94. The Kier molecular flexibility index (Phi) is 5.59. The fourth-order valence-corrected chi connectivity index (χ4v) is 2.67. The van der Waals surface area contributed by atoms with Crippen LogP contribution in [0, 0.1) is 0 Å². The zero-order valence-corrected chi connectivity index (χ0v) is 13.9. The van der Waals surface area contributed by atoms with E-state index >= 15 is 0 Å². The molecule has 3 aromatic rings. The summed E-state index contributed by atoms with van der Waals surface area (Å²) in [5.74, 6) is -0.180. The monoisotopic (exact) mass is 335 g/mol. The van der Waals surface area contributed by atoms with Crippen LogP contribution in [0.25, 0.3) is 0 Å². The van der Waals surface area contributed by atoms with Gasteiger partial charge in [-0.05, 0) is 35.7 Å². The van der Waals surface area contributed by atoms with E-state index in [9.17, 15) is 9.90 Å². The van der Waals surface area contributed by atoms with Crippen LogP contribution in [0.4, 0.5) is 0 Å². The minimum absolute atomic E-state index is 0.0992. The number of amides is 1. The summed E-state index contributed by atoms with van der Waals surface area (Å²) in [7, 11) is 0. The van der Waals surface area contributed by atoms with E-state index in [0.29, 0.717) is 18.5 Å². The van der Waals surface area contributed by atoms with E-state index in [0.717, 1.165) is 11.1 Å². The van der Waals surface area contributed by atoms with Crippen LogP contribution in [0.2, 0.25) is 0 Å². The van der Waals surface area contributed by atoms with Gasteiger partial charge in [0.05, 0.1) is 19.2 Å². The van der Waals surface area contributed by atoms with E-state index in [4.69, 9.17) is 0 Å². The Hall–Kier alpha value is -2.92. The largest absolute Gasteiger partial charge is 0.394 e. The van der Waals surface area contributed by atoms with Gasteiger partial charge in [0, 0.05) is 18.0 Å². The van der Waals surface area contributed by atoms with Gasteiger partial charge in [-0.1, -0.05) is 42.5 Å². The van der Waals surface area contributed by atoms with E-state index in [-0.39, 0.29) is 18.6 Å². The van der Waals surface area contributed by atoms with Crippen LogP contribution < -0.4 is 5.32 Å². The van der Waals surface area contributed by atoms with Crippen LogP contribution in [-0.4, -0.2) is 33.4 Å². The topological polar surface area (TPSA) is 67.2 Å². The molecule has 0 saturated heterocycles. The standard InChI is InChI=1S/C20H21N3O2/c24-15-19(13-16-5-2-1-3-6-16)22-20(25)18-9-7-17(8-10-18)14-23-12-4-11-21-23/h1-12,19,24H,13-15H2,(H,22,25). The number of benzene rings is 2. The second-order valence-electron chi connectivity index (χ2n) is 5.94. The maximum atomic E-state index is 12.4. The van der Waals surface area contributed by atoms with Gasteiger partial charge in [0.2, 0.25) is 0 Å². The maximum absolute atomic E-state index is 12.4. The molecule has 25 heavy (non-hydrogen) atoms. The number of aromatic nitrogens is 2. The molecule has 0 fully saturated rings. The molecule has 1 atom stereocenters. The quantitative estimate of drug-likeness (QED) is 0.696. The lowest BCUT2D eigenvalue weighted by Crippen LogP contribution is -2.39. The highest BCUT2D eigenvalue weighted by Gasteiger charge is 2.13. The number of aliphatic hydroxyl groups excluding tert-OH is 1. The third kappa shape index (κ3) is 4.78. The minimum Gasteiger partial charge on any atom is -0.394 e. The fourth-order valence-electron chi connectivity index (χ4n) is 2.67. The van der Waals surface area contributed by atoms with Gasteiger partial charge >= 0.3 is 0 Å². The number of carbonyl (C=O) groups excluding carboxylic acids is 1. The van der Waals surface area contributed by atoms with Crippen molar-refractivity contribution in [3.63, 3.8) is 0 Å². The van der Waals surface area contributed by atoms with Crippen LogP contribution >= 0.6 is 0 Å². The Morgan fingerprint density at radius 2 is 1.80 bits per heavy atom. The van der Waals surface area contributed by atoms with Crippen molar-refractivity contribution in [1.29, 1.82) is 0 Å². The molecule has 0 radical (unpaired) electrons.